The van der Waals surface area contributed by atoms with Gasteiger partial charge in [-0.1, -0.05) is 50.4 Å². The predicted octanol–water partition coefficient (Wildman–Crippen LogP) is 4.92. The summed E-state index contributed by atoms with van der Waals surface area (Å²) in [5, 5.41) is 0.760. The summed E-state index contributed by atoms with van der Waals surface area (Å²) < 4.78 is 15.8. The minimum Gasteiger partial charge on any atom is -0.480 e. The van der Waals surface area contributed by atoms with Crippen LogP contribution in [0.2, 0.25) is 10.0 Å². The van der Waals surface area contributed by atoms with Gasteiger partial charge in [0.2, 0.25) is 0 Å². The van der Waals surface area contributed by atoms with Gasteiger partial charge in [0.25, 0.3) is 0 Å². The number of rotatable bonds is 7. The van der Waals surface area contributed by atoms with Gasteiger partial charge in [-0.15, -0.1) is 0 Å². The highest BCUT2D eigenvalue weighted by atomic mass is 35.5. The Kier molecular flexibility index (Phi) is 8.24. The maximum Gasteiger partial charge on any atom is 0.344 e. The Morgan fingerprint density at radius 3 is 2.56 bits per heavy atom. The van der Waals surface area contributed by atoms with Crippen LogP contribution in [0.25, 0.3) is 0 Å². The summed E-state index contributed by atoms with van der Waals surface area (Å²) in [7, 11) is 0. The number of esters is 2. The first-order valence-electron chi connectivity index (χ1n) is 9.19. The lowest BCUT2D eigenvalue weighted by molar-refractivity contribution is -0.167. The van der Waals surface area contributed by atoms with Crippen LogP contribution in [0, 0.1) is 17.8 Å². The van der Waals surface area contributed by atoms with Crippen molar-refractivity contribution in [3.05, 3.63) is 28.2 Å². The van der Waals surface area contributed by atoms with Crippen molar-refractivity contribution in [3.63, 3.8) is 0 Å². The average Bonchev–Trinajstić information content (AvgIpc) is 2.59. The molecule has 0 amide bonds. The van der Waals surface area contributed by atoms with Crippen molar-refractivity contribution in [2.45, 2.75) is 46.1 Å². The first-order chi connectivity index (χ1) is 12.8. The van der Waals surface area contributed by atoms with E-state index in [0.29, 0.717) is 33.5 Å². The lowest BCUT2D eigenvalue weighted by atomic mass is 9.75. The molecule has 0 bridgehead atoms. The van der Waals surface area contributed by atoms with Gasteiger partial charge in [-0.3, -0.25) is 0 Å². The number of halogens is 2. The van der Waals surface area contributed by atoms with E-state index < -0.39 is 18.5 Å². The second-order valence-corrected chi connectivity index (χ2v) is 8.22. The first kappa shape index (κ1) is 21.8. The van der Waals surface area contributed by atoms with Crippen LogP contribution in [0.3, 0.4) is 0 Å². The molecule has 0 unspecified atom stereocenters. The smallest absolute Gasteiger partial charge is 0.344 e. The van der Waals surface area contributed by atoms with E-state index in [9.17, 15) is 9.59 Å². The van der Waals surface area contributed by atoms with E-state index in [4.69, 9.17) is 37.4 Å². The van der Waals surface area contributed by atoms with Crippen LogP contribution in [-0.2, 0) is 19.1 Å². The van der Waals surface area contributed by atoms with Gasteiger partial charge >= 0.3 is 11.9 Å². The van der Waals surface area contributed by atoms with Crippen molar-refractivity contribution in [3.8, 4) is 5.75 Å². The molecule has 150 valence electrons. The molecule has 0 radical (unpaired) electrons. The highest BCUT2D eigenvalue weighted by Gasteiger charge is 2.33. The van der Waals surface area contributed by atoms with Crippen molar-refractivity contribution in [2.24, 2.45) is 17.8 Å². The third-order valence-corrected chi connectivity index (χ3v) is 5.37. The zero-order chi connectivity index (χ0) is 20.0. The van der Waals surface area contributed by atoms with E-state index in [2.05, 4.69) is 20.8 Å². The highest BCUT2D eigenvalue weighted by molar-refractivity contribution is 6.35. The summed E-state index contributed by atoms with van der Waals surface area (Å²) >= 11 is 11.8. The minimum absolute atomic E-state index is 0.121. The van der Waals surface area contributed by atoms with E-state index >= 15 is 0 Å². The molecular weight excluding hydrogens is 391 g/mol. The Bertz CT molecular complexity index is 662. The Balaban J connectivity index is 1.76. The lowest BCUT2D eigenvalue weighted by Gasteiger charge is -2.36. The summed E-state index contributed by atoms with van der Waals surface area (Å²) in [5.74, 6) is 0.425. The Morgan fingerprint density at radius 1 is 1.15 bits per heavy atom. The second-order valence-electron chi connectivity index (χ2n) is 7.38. The SMILES string of the molecule is CC(C)[C@H]1CC[C@@H](C)C[C@@H]1OC(=O)COC(=O)COc1ccc(Cl)cc1Cl. The fourth-order valence-corrected chi connectivity index (χ4v) is 3.83. The third kappa shape index (κ3) is 6.89. The van der Waals surface area contributed by atoms with Gasteiger partial charge in [0.15, 0.2) is 13.2 Å². The summed E-state index contributed by atoms with van der Waals surface area (Å²) in [6, 6.07) is 4.67. The molecule has 1 fully saturated rings. The second kappa shape index (κ2) is 10.2. The molecular formula is C20H26Cl2O5. The first-order valence-corrected chi connectivity index (χ1v) is 9.94. The van der Waals surface area contributed by atoms with Gasteiger partial charge in [0, 0.05) is 5.02 Å². The Hall–Kier alpha value is -1.46. The highest BCUT2D eigenvalue weighted by Crippen LogP contribution is 2.35. The monoisotopic (exact) mass is 416 g/mol. The van der Waals surface area contributed by atoms with Crippen LogP contribution < -0.4 is 4.74 Å². The van der Waals surface area contributed by atoms with Crippen molar-refractivity contribution in [1.29, 1.82) is 0 Å². The van der Waals surface area contributed by atoms with Crippen LogP contribution in [0.1, 0.15) is 40.0 Å². The quantitative estimate of drug-likeness (QED) is 0.590. The van der Waals surface area contributed by atoms with Crippen LogP contribution in [0.5, 0.6) is 5.75 Å². The number of carbonyl (C=O) groups excluding carboxylic acids is 2. The molecule has 2 rings (SSSR count). The molecule has 1 aromatic rings. The molecule has 1 aliphatic carbocycles. The molecule has 7 heteroatoms. The topological polar surface area (TPSA) is 61.8 Å². The summed E-state index contributed by atoms with van der Waals surface area (Å²) in [6.45, 7) is 5.66. The fraction of sp³-hybridized carbons (Fsp3) is 0.600. The van der Waals surface area contributed by atoms with Crippen molar-refractivity contribution < 1.29 is 23.8 Å². The molecule has 0 saturated heterocycles. The number of hydrogen-bond acceptors (Lipinski definition) is 5. The largest absolute Gasteiger partial charge is 0.480 e. The maximum atomic E-state index is 12.1. The van der Waals surface area contributed by atoms with Crippen molar-refractivity contribution in [2.75, 3.05) is 13.2 Å². The summed E-state index contributed by atoms with van der Waals surface area (Å²) in [5.41, 5.74) is 0. The molecule has 27 heavy (non-hydrogen) atoms. The maximum absolute atomic E-state index is 12.1. The summed E-state index contributed by atoms with van der Waals surface area (Å²) in [4.78, 5) is 23.9. The number of hydrogen-bond donors (Lipinski definition) is 0. The Labute approximate surface area is 170 Å². The fourth-order valence-electron chi connectivity index (χ4n) is 3.36. The van der Waals surface area contributed by atoms with E-state index in [1.807, 2.05) is 0 Å². The standard InChI is InChI=1S/C20H26Cl2O5/c1-12(2)15-6-4-13(3)8-18(15)27-20(24)11-26-19(23)10-25-17-7-5-14(21)9-16(17)22/h5,7,9,12-13,15,18H,4,6,8,10-11H2,1-3H3/t13-,15-,18+/m1/s1. The molecule has 0 aliphatic heterocycles. The van der Waals surface area contributed by atoms with Crippen LogP contribution in [-0.4, -0.2) is 31.3 Å². The van der Waals surface area contributed by atoms with Gasteiger partial charge in [0.1, 0.15) is 11.9 Å². The van der Waals surface area contributed by atoms with Gasteiger partial charge in [-0.25, -0.2) is 9.59 Å². The molecule has 1 aromatic carbocycles. The van der Waals surface area contributed by atoms with E-state index in [1.54, 1.807) is 12.1 Å². The number of carbonyl (C=O) groups is 2. The molecule has 0 aromatic heterocycles. The molecule has 3 atom stereocenters. The van der Waals surface area contributed by atoms with Crippen LogP contribution in [0.4, 0.5) is 0 Å². The number of ether oxygens (including phenoxy) is 3. The zero-order valence-electron chi connectivity index (χ0n) is 15.9. The zero-order valence-corrected chi connectivity index (χ0v) is 17.4. The van der Waals surface area contributed by atoms with Gasteiger partial charge in [0.05, 0.1) is 5.02 Å². The number of benzene rings is 1. The van der Waals surface area contributed by atoms with Crippen molar-refractivity contribution in [1.82, 2.24) is 0 Å². The van der Waals surface area contributed by atoms with E-state index in [-0.39, 0.29) is 12.7 Å². The molecule has 0 N–H and O–H groups in total. The van der Waals surface area contributed by atoms with E-state index in [0.717, 1.165) is 19.3 Å². The predicted molar refractivity (Wildman–Crippen MR) is 104 cm³/mol. The van der Waals surface area contributed by atoms with Gasteiger partial charge in [-0.05, 0) is 48.8 Å². The third-order valence-electron chi connectivity index (χ3n) is 4.83. The molecule has 0 spiro atoms. The normalized spacial score (nSPS) is 22.4. The van der Waals surface area contributed by atoms with Gasteiger partial charge < -0.3 is 14.2 Å². The lowest BCUT2D eigenvalue weighted by Crippen LogP contribution is -2.37. The molecule has 0 heterocycles. The van der Waals surface area contributed by atoms with E-state index in [1.165, 1.54) is 6.07 Å². The molecule has 1 aliphatic rings. The minimum atomic E-state index is -0.671. The Morgan fingerprint density at radius 2 is 1.89 bits per heavy atom. The molecule has 1 saturated carbocycles. The summed E-state index contributed by atoms with van der Waals surface area (Å²) in [6.07, 6.45) is 2.92. The van der Waals surface area contributed by atoms with Gasteiger partial charge in [-0.2, -0.15) is 0 Å². The molecule has 5 nitrogen and oxygen atoms in total. The van der Waals surface area contributed by atoms with Crippen molar-refractivity contribution >= 4 is 35.1 Å². The van der Waals surface area contributed by atoms with Crippen LogP contribution in [0.15, 0.2) is 18.2 Å². The average molecular weight is 417 g/mol. The van der Waals surface area contributed by atoms with Crippen LogP contribution >= 0.6 is 23.2 Å².